The Hall–Kier alpha value is -2.82. The molecule has 5 nitrogen and oxygen atoms in total. The van der Waals surface area contributed by atoms with Crippen molar-refractivity contribution in [3.8, 4) is 28.4 Å². The molecule has 5 heteroatoms. The minimum Gasteiger partial charge on any atom is -0.495 e. The number of aromatic nitrogens is 3. The minimum atomic E-state index is 0.590. The van der Waals surface area contributed by atoms with Crippen LogP contribution in [-0.4, -0.2) is 22.1 Å². The molecular formula is C16H16N4O. The lowest BCUT2D eigenvalue weighted by Crippen LogP contribution is -1.93. The van der Waals surface area contributed by atoms with Crippen molar-refractivity contribution in [2.45, 2.75) is 6.92 Å². The number of pyridine rings is 1. The van der Waals surface area contributed by atoms with E-state index in [0.29, 0.717) is 11.4 Å². The van der Waals surface area contributed by atoms with Gasteiger partial charge in [0.1, 0.15) is 11.6 Å². The number of aromatic amines is 1. The summed E-state index contributed by atoms with van der Waals surface area (Å²) in [7, 11) is 1.60. The topological polar surface area (TPSA) is 76.8 Å². The first-order valence-electron chi connectivity index (χ1n) is 6.60. The Labute approximate surface area is 122 Å². The highest BCUT2D eigenvalue weighted by Gasteiger charge is 2.11. The molecule has 21 heavy (non-hydrogen) atoms. The molecule has 0 bridgehead atoms. The third kappa shape index (κ3) is 2.45. The number of rotatable bonds is 3. The molecule has 0 unspecified atom stereocenters. The van der Waals surface area contributed by atoms with Crippen LogP contribution in [0, 0.1) is 6.92 Å². The second-order valence-corrected chi connectivity index (χ2v) is 4.76. The van der Waals surface area contributed by atoms with E-state index in [4.69, 9.17) is 10.5 Å². The Bertz CT molecular complexity index is 765. The highest BCUT2D eigenvalue weighted by atomic mass is 16.5. The normalized spacial score (nSPS) is 10.6. The van der Waals surface area contributed by atoms with Crippen molar-refractivity contribution >= 4 is 5.69 Å². The van der Waals surface area contributed by atoms with E-state index in [1.807, 2.05) is 37.3 Å². The van der Waals surface area contributed by atoms with Gasteiger partial charge in [-0.25, -0.2) is 4.98 Å². The number of imidazole rings is 1. The van der Waals surface area contributed by atoms with Crippen molar-refractivity contribution in [2.24, 2.45) is 0 Å². The van der Waals surface area contributed by atoms with Gasteiger partial charge in [0.15, 0.2) is 0 Å². The van der Waals surface area contributed by atoms with Gasteiger partial charge in [-0.3, -0.25) is 4.98 Å². The Morgan fingerprint density at radius 1 is 1.19 bits per heavy atom. The molecule has 0 saturated carbocycles. The van der Waals surface area contributed by atoms with Gasteiger partial charge >= 0.3 is 0 Å². The molecule has 0 amide bonds. The van der Waals surface area contributed by atoms with E-state index in [1.165, 1.54) is 0 Å². The third-order valence-corrected chi connectivity index (χ3v) is 3.32. The second-order valence-electron chi connectivity index (χ2n) is 4.76. The van der Waals surface area contributed by atoms with E-state index >= 15 is 0 Å². The van der Waals surface area contributed by atoms with E-state index in [1.54, 1.807) is 19.5 Å². The lowest BCUT2D eigenvalue weighted by atomic mass is 10.2. The summed E-state index contributed by atoms with van der Waals surface area (Å²) in [6.45, 7) is 1.99. The maximum atomic E-state index is 5.95. The number of hydrogen-bond donors (Lipinski definition) is 2. The third-order valence-electron chi connectivity index (χ3n) is 3.32. The Balaban J connectivity index is 2.03. The molecule has 0 saturated heterocycles. The number of nitrogens with one attached hydrogen (secondary N) is 1. The van der Waals surface area contributed by atoms with Crippen LogP contribution in [0.5, 0.6) is 5.75 Å². The molecule has 3 N–H and O–H groups in total. The van der Waals surface area contributed by atoms with Crippen LogP contribution in [-0.2, 0) is 0 Å². The minimum absolute atomic E-state index is 0.590. The number of aryl methyl sites for hydroxylation is 1. The number of H-pyrrole nitrogens is 1. The van der Waals surface area contributed by atoms with Gasteiger partial charge < -0.3 is 15.5 Å². The van der Waals surface area contributed by atoms with Crippen LogP contribution >= 0.6 is 0 Å². The molecule has 2 heterocycles. The first-order valence-corrected chi connectivity index (χ1v) is 6.60. The molecule has 3 aromatic rings. The van der Waals surface area contributed by atoms with Crippen molar-refractivity contribution in [1.82, 2.24) is 15.0 Å². The molecular weight excluding hydrogens is 264 g/mol. The molecule has 3 rings (SSSR count). The molecule has 0 aliphatic carbocycles. The van der Waals surface area contributed by atoms with E-state index < -0.39 is 0 Å². The number of ether oxygens (including phenoxy) is 1. The van der Waals surface area contributed by atoms with Gasteiger partial charge in [0.25, 0.3) is 0 Å². The van der Waals surface area contributed by atoms with Crippen LogP contribution in [0.4, 0.5) is 5.69 Å². The number of benzene rings is 1. The zero-order valence-corrected chi connectivity index (χ0v) is 11.9. The van der Waals surface area contributed by atoms with Gasteiger partial charge in [-0.15, -0.1) is 0 Å². The van der Waals surface area contributed by atoms with Gasteiger partial charge in [-0.2, -0.15) is 0 Å². The number of nitrogens with two attached hydrogens (primary N) is 1. The number of methoxy groups -OCH3 is 1. The summed E-state index contributed by atoms with van der Waals surface area (Å²) >= 11 is 0. The van der Waals surface area contributed by atoms with Gasteiger partial charge in [0, 0.05) is 29.2 Å². The highest BCUT2D eigenvalue weighted by molar-refractivity contribution is 5.70. The summed E-state index contributed by atoms with van der Waals surface area (Å²) in [5, 5.41) is 0. The number of anilines is 1. The molecule has 2 aromatic heterocycles. The first kappa shape index (κ1) is 13.2. The summed E-state index contributed by atoms with van der Waals surface area (Å²) in [5.74, 6) is 1.44. The van der Waals surface area contributed by atoms with E-state index in [2.05, 4.69) is 15.0 Å². The number of nitrogens with zero attached hydrogens (tertiary/aromatic N) is 2. The van der Waals surface area contributed by atoms with Gasteiger partial charge in [-0.05, 0) is 37.3 Å². The fraction of sp³-hybridized carbons (Fsp3) is 0.125. The summed E-state index contributed by atoms with van der Waals surface area (Å²) in [6.07, 6.45) is 3.55. The quantitative estimate of drug-likeness (QED) is 0.723. The first-order chi connectivity index (χ1) is 10.2. The molecule has 0 atom stereocenters. The Kier molecular flexibility index (Phi) is 3.31. The van der Waals surface area contributed by atoms with Crippen LogP contribution in [0.15, 0.2) is 42.7 Å². The fourth-order valence-corrected chi connectivity index (χ4v) is 2.26. The zero-order valence-electron chi connectivity index (χ0n) is 11.9. The standard InChI is InChI=1S/C16H16N4O/c1-10-15(12-4-3-7-18-9-12)20-16(19-10)11-5-6-14(21-2)13(17)8-11/h3-9H,17H2,1-2H3,(H,19,20). The second kappa shape index (κ2) is 5.28. The van der Waals surface area contributed by atoms with E-state index in [-0.39, 0.29) is 0 Å². The summed E-state index contributed by atoms with van der Waals surface area (Å²) in [6, 6.07) is 9.51. The highest BCUT2D eigenvalue weighted by Crippen LogP contribution is 2.29. The van der Waals surface area contributed by atoms with Crippen molar-refractivity contribution < 1.29 is 4.74 Å². The van der Waals surface area contributed by atoms with Crippen LogP contribution in [0.25, 0.3) is 22.6 Å². The number of nitrogen functional groups attached to an aromatic ring is 1. The van der Waals surface area contributed by atoms with E-state index in [9.17, 15) is 0 Å². The van der Waals surface area contributed by atoms with E-state index in [0.717, 1.165) is 28.3 Å². The van der Waals surface area contributed by atoms with Crippen LogP contribution in [0.2, 0.25) is 0 Å². The van der Waals surface area contributed by atoms with Gasteiger partial charge in [0.05, 0.1) is 18.5 Å². The summed E-state index contributed by atoms with van der Waals surface area (Å²) < 4.78 is 5.17. The molecule has 0 fully saturated rings. The fourth-order valence-electron chi connectivity index (χ4n) is 2.26. The van der Waals surface area contributed by atoms with Crippen LogP contribution in [0.3, 0.4) is 0 Å². The monoisotopic (exact) mass is 280 g/mol. The Morgan fingerprint density at radius 2 is 2.05 bits per heavy atom. The van der Waals surface area contributed by atoms with Crippen molar-refractivity contribution in [3.05, 3.63) is 48.4 Å². The molecule has 0 aliphatic heterocycles. The average Bonchev–Trinajstić information content (AvgIpc) is 2.90. The lowest BCUT2D eigenvalue weighted by Gasteiger charge is -2.05. The van der Waals surface area contributed by atoms with Crippen molar-refractivity contribution in [3.63, 3.8) is 0 Å². The molecule has 0 radical (unpaired) electrons. The van der Waals surface area contributed by atoms with Crippen LogP contribution < -0.4 is 10.5 Å². The SMILES string of the molecule is COc1ccc(-c2nc(-c3cccnc3)c(C)[nH]2)cc1N. The lowest BCUT2D eigenvalue weighted by molar-refractivity contribution is 0.417. The smallest absolute Gasteiger partial charge is 0.141 e. The molecule has 106 valence electrons. The average molecular weight is 280 g/mol. The summed E-state index contributed by atoms with van der Waals surface area (Å²) in [5.41, 5.74) is 10.3. The van der Waals surface area contributed by atoms with Crippen molar-refractivity contribution in [1.29, 1.82) is 0 Å². The molecule has 0 aliphatic rings. The maximum absolute atomic E-state index is 5.95. The van der Waals surface area contributed by atoms with Gasteiger partial charge in [-0.1, -0.05) is 0 Å². The Morgan fingerprint density at radius 3 is 2.71 bits per heavy atom. The summed E-state index contributed by atoms with van der Waals surface area (Å²) in [4.78, 5) is 12.1. The number of hydrogen-bond acceptors (Lipinski definition) is 4. The zero-order chi connectivity index (χ0) is 14.8. The largest absolute Gasteiger partial charge is 0.495 e. The predicted octanol–water partition coefficient (Wildman–Crippen LogP) is 3.04. The maximum Gasteiger partial charge on any atom is 0.141 e. The molecule has 0 spiro atoms. The van der Waals surface area contributed by atoms with Crippen molar-refractivity contribution in [2.75, 3.05) is 12.8 Å². The van der Waals surface area contributed by atoms with Crippen LogP contribution in [0.1, 0.15) is 5.69 Å². The predicted molar refractivity (Wildman–Crippen MR) is 83.0 cm³/mol. The van der Waals surface area contributed by atoms with Gasteiger partial charge in [0.2, 0.25) is 0 Å². The molecule has 1 aromatic carbocycles.